The summed E-state index contributed by atoms with van der Waals surface area (Å²) < 4.78 is 22.9. The minimum Gasteiger partial charge on any atom is -0.444 e. The van der Waals surface area contributed by atoms with Crippen molar-refractivity contribution < 1.29 is 13.9 Å². The molecule has 3 aromatic rings. The number of aromatic nitrogens is 2. The zero-order chi connectivity index (χ0) is 20.2. The van der Waals surface area contributed by atoms with Gasteiger partial charge in [0, 0.05) is 48.8 Å². The Balaban J connectivity index is 1.30. The maximum absolute atomic E-state index is 13.1. The third-order valence-corrected chi connectivity index (χ3v) is 5.75. The molecule has 6 nitrogen and oxygen atoms in total. The number of amides is 1. The lowest BCUT2D eigenvalue weighted by atomic mass is 10.2. The van der Waals surface area contributed by atoms with E-state index in [9.17, 15) is 9.18 Å². The van der Waals surface area contributed by atoms with Gasteiger partial charge in [-0.1, -0.05) is 48.0 Å². The fourth-order valence-electron chi connectivity index (χ4n) is 3.00. The molecule has 0 N–H and O–H groups in total. The van der Waals surface area contributed by atoms with Gasteiger partial charge < -0.3 is 14.5 Å². The first-order chi connectivity index (χ1) is 14.1. The summed E-state index contributed by atoms with van der Waals surface area (Å²) in [4.78, 5) is 20.7. The van der Waals surface area contributed by atoms with Crippen LogP contribution in [-0.4, -0.2) is 46.5 Å². The number of halogens is 2. The summed E-state index contributed by atoms with van der Waals surface area (Å²) in [6.45, 7) is 2.35. The van der Waals surface area contributed by atoms with Gasteiger partial charge in [0.05, 0.1) is 5.02 Å². The van der Waals surface area contributed by atoms with Crippen LogP contribution in [0.5, 0.6) is 0 Å². The van der Waals surface area contributed by atoms with Crippen molar-refractivity contribution in [3.63, 3.8) is 0 Å². The van der Waals surface area contributed by atoms with Crippen LogP contribution in [0.2, 0.25) is 5.02 Å². The molecule has 4 rings (SSSR count). The largest absolute Gasteiger partial charge is 0.444 e. The molecule has 1 aromatic heterocycles. The summed E-state index contributed by atoms with van der Waals surface area (Å²) in [5.74, 6) is 0.289. The highest BCUT2D eigenvalue weighted by Gasteiger charge is 2.24. The number of hydrogen-bond donors (Lipinski definition) is 0. The molecule has 1 aliphatic heterocycles. The molecule has 1 fully saturated rings. The fourth-order valence-corrected chi connectivity index (χ4v) is 3.96. The van der Waals surface area contributed by atoms with Crippen LogP contribution in [0.4, 0.5) is 14.3 Å². The van der Waals surface area contributed by atoms with Gasteiger partial charge in [-0.15, -0.1) is 0 Å². The van der Waals surface area contributed by atoms with Gasteiger partial charge in [-0.3, -0.25) is 0 Å². The Hall–Kier alpha value is -2.71. The summed E-state index contributed by atoms with van der Waals surface area (Å²) >= 11 is 7.32. The Kier molecular flexibility index (Phi) is 5.92. The normalized spacial score (nSPS) is 14.1. The van der Waals surface area contributed by atoms with Crippen molar-refractivity contribution in [3.8, 4) is 11.4 Å². The molecule has 0 unspecified atom stereocenters. The minimum atomic E-state index is -0.423. The maximum Gasteiger partial charge on any atom is 0.410 e. The molecule has 0 atom stereocenters. The first kappa shape index (κ1) is 19.6. The lowest BCUT2D eigenvalue weighted by Gasteiger charge is -2.33. The highest BCUT2D eigenvalue weighted by Crippen LogP contribution is 2.25. The summed E-state index contributed by atoms with van der Waals surface area (Å²) in [6, 6.07) is 13.8. The number of carbonyl (C=O) groups is 1. The van der Waals surface area contributed by atoms with Crippen LogP contribution >= 0.6 is 23.1 Å². The van der Waals surface area contributed by atoms with E-state index in [0.717, 1.165) is 10.7 Å². The molecule has 29 heavy (non-hydrogen) atoms. The van der Waals surface area contributed by atoms with Gasteiger partial charge in [0.25, 0.3) is 0 Å². The lowest BCUT2D eigenvalue weighted by Crippen LogP contribution is -2.48. The van der Waals surface area contributed by atoms with Crippen molar-refractivity contribution in [3.05, 3.63) is 64.9 Å². The molecule has 0 bridgehead atoms. The van der Waals surface area contributed by atoms with E-state index in [2.05, 4.69) is 14.3 Å². The predicted octanol–water partition coefficient (Wildman–Crippen LogP) is 4.46. The van der Waals surface area contributed by atoms with Crippen molar-refractivity contribution in [2.45, 2.75) is 6.61 Å². The van der Waals surface area contributed by atoms with Gasteiger partial charge in [-0.25, -0.2) is 9.18 Å². The van der Waals surface area contributed by atoms with Crippen molar-refractivity contribution in [2.24, 2.45) is 0 Å². The number of hydrogen-bond acceptors (Lipinski definition) is 6. The number of nitrogens with zero attached hydrogens (tertiary/aromatic N) is 4. The molecule has 1 saturated heterocycles. The number of anilines is 1. The van der Waals surface area contributed by atoms with E-state index in [1.54, 1.807) is 4.90 Å². The van der Waals surface area contributed by atoms with Crippen LogP contribution in [-0.2, 0) is 11.3 Å². The molecule has 9 heteroatoms. The van der Waals surface area contributed by atoms with Crippen LogP contribution in [0.25, 0.3) is 11.4 Å². The smallest absolute Gasteiger partial charge is 0.410 e. The zero-order valence-electron chi connectivity index (χ0n) is 15.4. The highest BCUT2D eigenvalue weighted by atomic mass is 35.5. The minimum absolute atomic E-state index is 0.00893. The third-order valence-electron chi connectivity index (χ3n) is 4.62. The van der Waals surface area contributed by atoms with E-state index < -0.39 is 11.9 Å². The Labute approximate surface area is 176 Å². The topological polar surface area (TPSA) is 58.6 Å². The number of ether oxygens (including phenoxy) is 1. The van der Waals surface area contributed by atoms with E-state index in [1.807, 2.05) is 30.3 Å². The summed E-state index contributed by atoms with van der Waals surface area (Å²) in [5, 5.41) is 1.09. The summed E-state index contributed by atoms with van der Waals surface area (Å²) in [7, 11) is 0. The van der Waals surface area contributed by atoms with Crippen molar-refractivity contribution in [1.29, 1.82) is 0 Å². The quantitative estimate of drug-likeness (QED) is 0.609. The SMILES string of the molecule is O=C(OCc1ccc(F)cc1Cl)N1CCN(c2nc(-c3ccccc3)ns2)CC1. The number of rotatable bonds is 4. The molecular formula is C20H18ClFN4O2S. The van der Waals surface area contributed by atoms with Crippen LogP contribution in [0.3, 0.4) is 0 Å². The van der Waals surface area contributed by atoms with Gasteiger partial charge >= 0.3 is 6.09 Å². The Bertz CT molecular complexity index is 993. The van der Waals surface area contributed by atoms with Gasteiger partial charge in [0.2, 0.25) is 5.13 Å². The molecule has 150 valence electrons. The molecule has 0 saturated carbocycles. The van der Waals surface area contributed by atoms with E-state index in [0.29, 0.717) is 37.6 Å². The Morgan fingerprint density at radius 2 is 1.90 bits per heavy atom. The van der Waals surface area contributed by atoms with Crippen LogP contribution in [0, 0.1) is 5.82 Å². The van der Waals surface area contributed by atoms with E-state index in [1.165, 1.54) is 29.7 Å². The van der Waals surface area contributed by atoms with E-state index in [-0.39, 0.29) is 11.6 Å². The number of piperazine rings is 1. The molecular weight excluding hydrogens is 415 g/mol. The van der Waals surface area contributed by atoms with Crippen molar-refractivity contribution in [2.75, 3.05) is 31.1 Å². The van der Waals surface area contributed by atoms with Gasteiger partial charge in [0.15, 0.2) is 5.82 Å². The average molecular weight is 433 g/mol. The highest BCUT2D eigenvalue weighted by molar-refractivity contribution is 7.09. The summed E-state index contributed by atoms with van der Waals surface area (Å²) in [5.41, 5.74) is 1.55. The standard InChI is InChI=1S/C20H18ClFN4O2S/c21-17-12-16(22)7-6-15(17)13-28-20(27)26-10-8-25(9-11-26)19-23-18(24-29-19)14-4-2-1-3-5-14/h1-7,12H,8-11,13H2. The van der Waals surface area contributed by atoms with Gasteiger partial charge in [0.1, 0.15) is 12.4 Å². The molecule has 1 aliphatic rings. The fraction of sp³-hybridized carbons (Fsp3) is 0.250. The number of carbonyl (C=O) groups excluding carboxylic acids is 1. The first-order valence-electron chi connectivity index (χ1n) is 9.10. The first-order valence-corrected chi connectivity index (χ1v) is 10.2. The molecule has 0 aliphatic carbocycles. The van der Waals surface area contributed by atoms with Crippen LogP contribution < -0.4 is 4.90 Å². The molecule has 2 aromatic carbocycles. The Morgan fingerprint density at radius 1 is 1.14 bits per heavy atom. The van der Waals surface area contributed by atoms with E-state index in [4.69, 9.17) is 16.3 Å². The number of benzene rings is 2. The second-order valence-electron chi connectivity index (χ2n) is 6.53. The predicted molar refractivity (Wildman–Crippen MR) is 111 cm³/mol. The third kappa shape index (κ3) is 4.65. The van der Waals surface area contributed by atoms with Crippen molar-refractivity contribution in [1.82, 2.24) is 14.3 Å². The zero-order valence-corrected chi connectivity index (χ0v) is 17.0. The van der Waals surface area contributed by atoms with E-state index >= 15 is 0 Å². The van der Waals surface area contributed by atoms with Gasteiger partial charge in [-0.2, -0.15) is 9.36 Å². The maximum atomic E-state index is 13.1. The molecule has 0 spiro atoms. The average Bonchev–Trinajstić information content (AvgIpc) is 3.24. The second kappa shape index (κ2) is 8.75. The van der Waals surface area contributed by atoms with Crippen molar-refractivity contribution >= 4 is 34.4 Å². The van der Waals surface area contributed by atoms with Crippen LogP contribution in [0.1, 0.15) is 5.56 Å². The monoisotopic (exact) mass is 432 g/mol. The van der Waals surface area contributed by atoms with Crippen LogP contribution in [0.15, 0.2) is 48.5 Å². The Morgan fingerprint density at radius 3 is 2.62 bits per heavy atom. The molecule has 2 heterocycles. The second-order valence-corrected chi connectivity index (χ2v) is 7.67. The van der Waals surface area contributed by atoms with Gasteiger partial charge in [-0.05, 0) is 12.1 Å². The molecule has 0 radical (unpaired) electrons. The molecule has 1 amide bonds. The lowest BCUT2D eigenvalue weighted by molar-refractivity contribution is 0.0942. The summed E-state index contributed by atoms with van der Waals surface area (Å²) in [6.07, 6.45) is -0.410.